The van der Waals surface area contributed by atoms with Gasteiger partial charge in [-0.25, -0.2) is 9.18 Å². The van der Waals surface area contributed by atoms with Gasteiger partial charge in [-0.3, -0.25) is 10.1 Å². The van der Waals surface area contributed by atoms with E-state index in [-0.39, 0.29) is 11.3 Å². The third-order valence-corrected chi connectivity index (χ3v) is 2.39. The number of fused-ring (bicyclic) bond motifs is 1. The number of nitriles is 1. The van der Waals surface area contributed by atoms with Gasteiger partial charge in [-0.05, 0) is 24.3 Å². The minimum absolute atomic E-state index is 0.182. The highest BCUT2D eigenvalue weighted by Gasteiger charge is 2.12. The Labute approximate surface area is 112 Å². The highest BCUT2D eigenvalue weighted by Crippen LogP contribution is 2.22. The molecule has 2 aromatic rings. The van der Waals surface area contributed by atoms with E-state index in [4.69, 9.17) is 15.4 Å². The van der Waals surface area contributed by atoms with E-state index in [2.05, 4.69) is 0 Å². The largest absolute Gasteiger partial charge is 0.457 e. The Kier molecular flexibility index (Phi) is 3.48. The standard InChI is InChI=1S/C13H8FN3O3/c14-9-1-2-11-7(3-9)4-10(20-11)5-8(6-15)12(18)17-13(16)19/h1-5H,(H3,16,17,18,19). The zero-order valence-corrected chi connectivity index (χ0v) is 10.0. The number of benzene rings is 1. The van der Waals surface area contributed by atoms with Gasteiger partial charge in [0.25, 0.3) is 5.91 Å². The summed E-state index contributed by atoms with van der Waals surface area (Å²) >= 11 is 0. The van der Waals surface area contributed by atoms with E-state index < -0.39 is 17.8 Å². The molecule has 0 bridgehead atoms. The molecule has 0 spiro atoms. The average molecular weight is 273 g/mol. The van der Waals surface area contributed by atoms with Crippen molar-refractivity contribution >= 4 is 29.0 Å². The molecule has 0 fully saturated rings. The number of nitrogens with one attached hydrogen (secondary N) is 1. The average Bonchev–Trinajstić information content (AvgIpc) is 2.76. The lowest BCUT2D eigenvalue weighted by atomic mass is 10.2. The molecule has 0 atom stereocenters. The number of furan rings is 1. The van der Waals surface area contributed by atoms with Crippen LogP contribution in [0.4, 0.5) is 9.18 Å². The quantitative estimate of drug-likeness (QED) is 0.640. The first-order chi connectivity index (χ1) is 9.49. The molecule has 2 rings (SSSR count). The van der Waals surface area contributed by atoms with Crippen molar-refractivity contribution in [2.45, 2.75) is 0 Å². The summed E-state index contributed by atoms with van der Waals surface area (Å²) in [7, 11) is 0. The van der Waals surface area contributed by atoms with Crippen molar-refractivity contribution in [1.29, 1.82) is 5.26 Å². The van der Waals surface area contributed by atoms with Crippen LogP contribution in [0.3, 0.4) is 0 Å². The van der Waals surface area contributed by atoms with Gasteiger partial charge in [0.1, 0.15) is 28.8 Å². The summed E-state index contributed by atoms with van der Waals surface area (Å²) in [6, 6.07) is 5.93. The van der Waals surface area contributed by atoms with Gasteiger partial charge in [-0.2, -0.15) is 5.26 Å². The minimum atomic E-state index is -1.07. The lowest BCUT2D eigenvalue weighted by Crippen LogP contribution is -2.35. The maximum atomic E-state index is 13.0. The normalized spacial score (nSPS) is 11.1. The summed E-state index contributed by atoms with van der Waals surface area (Å²) in [6.07, 6.45) is 1.14. The Balaban J connectivity index is 2.37. The molecule has 0 aliphatic carbocycles. The molecule has 0 saturated heterocycles. The molecule has 1 heterocycles. The van der Waals surface area contributed by atoms with Gasteiger partial charge < -0.3 is 10.2 Å². The molecule has 100 valence electrons. The Bertz CT molecular complexity index is 771. The number of primary amides is 1. The molecule has 3 amide bonds. The second-order valence-electron chi connectivity index (χ2n) is 3.82. The van der Waals surface area contributed by atoms with Gasteiger partial charge in [-0.1, -0.05) is 0 Å². The first kappa shape index (κ1) is 13.3. The molecule has 6 nitrogen and oxygen atoms in total. The highest BCUT2D eigenvalue weighted by atomic mass is 19.1. The van der Waals surface area contributed by atoms with E-state index in [0.717, 1.165) is 6.08 Å². The Morgan fingerprint density at radius 1 is 1.40 bits per heavy atom. The van der Waals surface area contributed by atoms with E-state index in [0.29, 0.717) is 11.0 Å². The van der Waals surface area contributed by atoms with Crippen LogP contribution in [-0.4, -0.2) is 11.9 Å². The summed E-state index contributed by atoms with van der Waals surface area (Å²) < 4.78 is 18.3. The van der Waals surface area contributed by atoms with Crippen LogP contribution in [0.15, 0.2) is 34.3 Å². The van der Waals surface area contributed by atoms with Crippen LogP contribution in [-0.2, 0) is 4.79 Å². The molecule has 7 heteroatoms. The van der Waals surface area contributed by atoms with E-state index in [9.17, 15) is 14.0 Å². The molecule has 1 aromatic heterocycles. The van der Waals surface area contributed by atoms with Crippen molar-refractivity contribution in [3.63, 3.8) is 0 Å². The lowest BCUT2D eigenvalue weighted by Gasteiger charge is -1.97. The minimum Gasteiger partial charge on any atom is -0.457 e. The molecule has 20 heavy (non-hydrogen) atoms. The van der Waals surface area contributed by atoms with Crippen LogP contribution in [0.2, 0.25) is 0 Å². The zero-order valence-electron chi connectivity index (χ0n) is 10.0. The van der Waals surface area contributed by atoms with Crippen molar-refractivity contribution in [3.8, 4) is 6.07 Å². The van der Waals surface area contributed by atoms with Gasteiger partial charge in [0.05, 0.1) is 0 Å². The predicted molar refractivity (Wildman–Crippen MR) is 67.5 cm³/mol. The van der Waals surface area contributed by atoms with E-state index >= 15 is 0 Å². The first-order valence-corrected chi connectivity index (χ1v) is 5.41. The number of rotatable bonds is 2. The van der Waals surface area contributed by atoms with Crippen LogP contribution in [0, 0.1) is 17.1 Å². The maximum Gasteiger partial charge on any atom is 0.319 e. The lowest BCUT2D eigenvalue weighted by molar-refractivity contribution is -0.115. The second-order valence-corrected chi connectivity index (χ2v) is 3.82. The number of hydrogen-bond acceptors (Lipinski definition) is 4. The van der Waals surface area contributed by atoms with Crippen LogP contribution < -0.4 is 11.1 Å². The Morgan fingerprint density at radius 3 is 2.80 bits per heavy atom. The molecule has 3 N–H and O–H groups in total. The molecule has 0 aliphatic heterocycles. The number of imide groups is 1. The highest BCUT2D eigenvalue weighted by molar-refractivity contribution is 6.08. The number of halogens is 1. The summed E-state index contributed by atoms with van der Waals surface area (Å²) in [4.78, 5) is 22.0. The van der Waals surface area contributed by atoms with E-state index in [1.165, 1.54) is 24.3 Å². The number of urea groups is 1. The number of amides is 3. The van der Waals surface area contributed by atoms with Gasteiger partial charge in [-0.15, -0.1) is 0 Å². The van der Waals surface area contributed by atoms with Crippen molar-refractivity contribution in [2.24, 2.45) is 5.73 Å². The number of nitrogens with zero attached hydrogens (tertiary/aromatic N) is 1. The van der Waals surface area contributed by atoms with Crippen molar-refractivity contribution < 1.29 is 18.4 Å². The molecular formula is C13H8FN3O3. The maximum absolute atomic E-state index is 13.0. The number of carbonyl (C=O) groups is 2. The second kappa shape index (κ2) is 5.24. The summed E-state index contributed by atoms with van der Waals surface area (Å²) in [5, 5.41) is 11.1. The van der Waals surface area contributed by atoms with Crippen LogP contribution in [0.1, 0.15) is 5.76 Å². The molecule has 0 unspecified atom stereocenters. The number of hydrogen-bond donors (Lipinski definition) is 2. The summed E-state index contributed by atoms with van der Waals surface area (Å²) in [5.74, 6) is -1.19. The Hall–Kier alpha value is -3.14. The van der Waals surface area contributed by atoms with E-state index in [1.54, 1.807) is 11.4 Å². The third kappa shape index (κ3) is 2.81. The number of carbonyl (C=O) groups excluding carboxylic acids is 2. The number of nitrogens with two attached hydrogens (primary N) is 1. The van der Waals surface area contributed by atoms with Gasteiger partial charge in [0, 0.05) is 11.5 Å². The summed E-state index contributed by atoms with van der Waals surface area (Å²) in [5.41, 5.74) is 4.83. The molecule has 0 radical (unpaired) electrons. The fourth-order valence-electron chi connectivity index (χ4n) is 1.58. The van der Waals surface area contributed by atoms with Gasteiger partial charge >= 0.3 is 6.03 Å². The smallest absolute Gasteiger partial charge is 0.319 e. The SMILES string of the molecule is N#CC(=Cc1cc2cc(F)ccc2o1)C(=O)NC(N)=O. The van der Waals surface area contributed by atoms with Gasteiger partial charge in [0.15, 0.2) is 0 Å². The zero-order chi connectivity index (χ0) is 14.7. The van der Waals surface area contributed by atoms with Crippen molar-refractivity contribution in [1.82, 2.24) is 5.32 Å². The van der Waals surface area contributed by atoms with Crippen molar-refractivity contribution in [2.75, 3.05) is 0 Å². The van der Waals surface area contributed by atoms with Crippen LogP contribution in [0.5, 0.6) is 0 Å². The summed E-state index contributed by atoms with van der Waals surface area (Å²) in [6.45, 7) is 0. The predicted octanol–water partition coefficient (Wildman–Crippen LogP) is 1.67. The Morgan fingerprint density at radius 2 is 2.15 bits per heavy atom. The van der Waals surface area contributed by atoms with Crippen LogP contribution >= 0.6 is 0 Å². The van der Waals surface area contributed by atoms with Crippen LogP contribution in [0.25, 0.3) is 17.0 Å². The fraction of sp³-hybridized carbons (Fsp3) is 0. The molecular weight excluding hydrogens is 265 g/mol. The molecule has 0 aliphatic rings. The fourth-order valence-corrected chi connectivity index (χ4v) is 1.58. The third-order valence-electron chi connectivity index (χ3n) is 2.39. The topological polar surface area (TPSA) is 109 Å². The van der Waals surface area contributed by atoms with E-state index in [1.807, 2.05) is 0 Å². The molecule has 1 aromatic carbocycles. The van der Waals surface area contributed by atoms with Gasteiger partial charge in [0.2, 0.25) is 0 Å². The van der Waals surface area contributed by atoms with Crippen molar-refractivity contribution in [3.05, 3.63) is 41.4 Å². The monoisotopic (exact) mass is 273 g/mol. The first-order valence-electron chi connectivity index (χ1n) is 5.41. The molecule has 0 saturated carbocycles.